The number of carbonyl (C=O) groups is 1. The van der Waals surface area contributed by atoms with Gasteiger partial charge >= 0.3 is 0 Å². The molecule has 0 spiro atoms. The van der Waals surface area contributed by atoms with Gasteiger partial charge in [-0.1, -0.05) is 30.3 Å². The van der Waals surface area contributed by atoms with Crippen molar-refractivity contribution in [2.75, 3.05) is 55.3 Å². The molecule has 0 radical (unpaired) electrons. The van der Waals surface area contributed by atoms with Crippen LogP contribution in [0.4, 0.5) is 11.4 Å². The molecular formula is C24H28ClN5O3S. The van der Waals surface area contributed by atoms with E-state index < -0.39 is 0 Å². The molecule has 0 saturated carbocycles. The van der Waals surface area contributed by atoms with E-state index in [1.807, 2.05) is 43.3 Å². The molecule has 8 nitrogen and oxygen atoms in total. The number of nitrogens with zero attached hydrogens (tertiary/aromatic N) is 4. The molecule has 0 aliphatic carbocycles. The van der Waals surface area contributed by atoms with E-state index in [4.69, 9.17) is 20.8 Å². The molecule has 0 atom stereocenters. The molecule has 10 heteroatoms. The van der Waals surface area contributed by atoms with E-state index in [1.54, 1.807) is 6.07 Å². The van der Waals surface area contributed by atoms with E-state index in [0.29, 0.717) is 28.4 Å². The fourth-order valence-corrected chi connectivity index (χ4v) is 4.48. The van der Waals surface area contributed by atoms with E-state index in [9.17, 15) is 4.79 Å². The van der Waals surface area contributed by atoms with E-state index >= 15 is 0 Å². The summed E-state index contributed by atoms with van der Waals surface area (Å²) < 4.78 is 11.2. The van der Waals surface area contributed by atoms with Gasteiger partial charge in [-0.15, -0.1) is 10.2 Å². The molecule has 1 aliphatic rings. The van der Waals surface area contributed by atoms with Crippen LogP contribution in [0.5, 0.6) is 5.75 Å². The molecular weight excluding hydrogens is 474 g/mol. The summed E-state index contributed by atoms with van der Waals surface area (Å²) in [6.07, 6.45) is 0. The first-order valence-corrected chi connectivity index (χ1v) is 12.7. The number of halogens is 1. The van der Waals surface area contributed by atoms with Crippen molar-refractivity contribution in [1.82, 2.24) is 15.1 Å². The first-order valence-electron chi connectivity index (χ1n) is 11.3. The van der Waals surface area contributed by atoms with Crippen LogP contribution >= 0.6 is 23.4 Å². The molecule has 0 bridgehead atoms. The second-order valence-corrected chi connectivity index (χ2v) is 9.11. The molecule has 4 rings (SSSR count). The number of carbonyl (C=O) groups excluding carboxylic acids is 1. The SMILES string of the molecule is CCOc1ccc(-c2nnc(SCC(=O)Nc3cc(Cl)ccc3N3CCN(CC)CC3)o2)cc1. The number of aromatic nitrogens is 2. The maximum atomic E-state index is 12.7. The lowest BCUT2D eigenvalue weighted by atomic mass is 10.2. The Morgan fingerprint density at radius 1 is 1.12 bits per heavy atom. The number of piperazine rings is 1. The van der Waals surface area contributed by atoms with Crippen molar-refractivity contribution in [1.29, 1.82) is 0 Å². The zero-order chi connectivity index (χ0) is 23.9. The number of ether oxygens (including phenoxy) is 1. The van der Waals surface area contributed by atoms with Gasteiger partial charge in [0.25, 0.3) is 5.22 Å². The Bertz CT molecular complexity index is 1100. The molecule has 1 aliphatic heterocycles. The van der Waals surface area contributed by atoms with Gasteiger partial charge < -0.3 is 24.3 Å². The average molecular weight is 502 g/mol. The summed E-state index contributed by atoms with van der Waals surface area (Å²) in [6.45, 7) is 9.57. The van der Waals surface area contributed by atoms with E-state index in [2.05, 4.69) is 32.2 Å². The van der Waals surface area contributed by atoms with Crippen LogP contribution in [0.3, 0.4) is 0 Å². The normalized spacial score (nSPS) is 14.3. The lowest BCUT2D eigenvalue weighted by Gasteiger charge is -2.36. The number of hydrogen-bond donors (Lipinski definition) is 1. The van der Waals surface area contributed by atoms with Crippen molar-refractivity contribution >= 4 is 40.6 Å². The Morgan fingerprint density at radius 2 is 1.88 bits per heavy atom. The third kappa shape index (κ3) is 6.22. The van der Waals surface area contributed by atoms with Crippen LogP contribution in [-0.4, -0.2) is 66.1 Å². The van der Waals surface area contributed by atoms with Gasteiger partial charge in [-0.3, -0.25) is 4.79 Å². The predicted octanol–water partition coefficient (Wildman–Crippen LogP) is 4.66. The topological polar surface area (TPSA) is 83.7 Å². The van der Waals surface area contributed by atoms with Crippen LogP contribution in [0.15, 0.2) is 52.1 Å². The lowest BCUT2D eigenvalue weighted by Crippen LogP contribution is -2.46. The number of nitrogens with one attached hydrogen (secondary N) is 1. The summed E-state index contributed by atoms with van der Waals surface area (Å²) in [4.78, 5) is 17.4. The van der Waals surface area contributed by atoms with Crippen molar-refractivity contribution in [2.45, 2.75) is 19.1 Å². The summed E-state index contributed by atoms with van der Waals surface area (Å²) in [5.74, 6) is 1.15. The highest BCUT2D eigenvalue weighted by molar-refractivity contribution is 7.99. The van der Waals surface area contributed by atoms with Gasteiger partial charge in [0.1, 0.15) is 5.75 Å². The monoisotopic (exact) mass is 501 g/mol. The lowest BCUT2D eigenvalue weighted by molar-refractivity contribution is -0.113. The molecule has 180 valence electrons. The molecule has 1 saturated heterocycles. The predicted molar refractivity (Wildman–Crippen MR) is 136 cm³/mol. The number of thioether (sulfide) groups is 1. The Labute approximate surface area is 208 Å². The fourth-order valence-electron chi connectivity index (χ4n) is 3.75. The van der Waals surface area contributed by atoms with Crippen molar-refractivity contribution in [2.24, 2.45) is 0 Å². The third-order valence-corrected chi connectivity index (χ3v) is 6.59. The summed E-state index contributed by atoms with van der Waals surface area (Å²) in [7, 11) is 0. The van der Waals surface area contributed by atoms with Crippen LogP contribution in [0.25, 0.3) is 11.5 Å². The van der Waals surface area contributed by atoms with Gasteiger partial charge in [0.2, 0.25) is 11.8 Å². The van der Waals surface area contributed by atoms with Crippen LogP contribution < -0.4 is 15.0 Å². The first-order chi connectivity index (χ1) is 16.6. The quantitative estimate of drug-likeness (QED) is 0.424. The molecule has 1 N–H and O–H groups in total. The molecule has 1 aromatic heterocycles. The summed E-state index contributed by atoms with van der Waals surface area (Å²) >= 11 is 7.41. The maximum absolute atomic E-state index is 12.7. The number of hydrogen-bond acceptors (Lipinski definition) is 8. The molecule has 2 aromatic carbocycles. The highest BCUT2D eigenvalue weighted by atomic mass is 35.5. The average Bonchev–Trinajstić information content (AvgIpc) is 3.33. The number of rotatable bonds is 9. The fraction of sp³-hybridized carbons (Fsp3) is 0.375. The van der Waals surface area contributed by atoms with E-state index in [-0.39, 0.29) is 11.7 Å². The van der Waals surface area contributed by atoms with Gasteiger partial charge in [0.15, 0.2) is 0 Å². The van der Waals surface area contributed by atoms with Crippen molar-refractivity contribution in [3.8, 4) is 17.2 Å². The van der Waals surface area contributed by atoms with Gasteiger partial charge in [-0.25, -0.2) is 0 Å². The van der Waals surface area contributed by atoms with Crippen LogP contribution in [-0.2, 0) is 4.79 Å². The number of benzene rings is 2. The second-order valence-electron chi connectivity index (χ2n) is 7.75. The minimum absolute atomic E-state index is 0.139. The third-order valence-electron chi connectivity index (χ3n) is 5.54. The molecule has 34 heavy (non-hydrogen) atoms. The number of likely N-dealkylation sites (N-methyl/N-ethyl adjacent to an activating group) is 1. The van der Waals surface area contributed by atoms with Crippen LogP contribution in [0, 0.1) is 0 Å². The van der Waals surface area contributed by atoms with Crippen molar-refractivity contribution in [3.05, 3.63) is 47.5 Å². The van der Waals surface area contributed by atoms with Crippen LogP contribution in [0.1, 0.15) is 13.8 Å². The van der Waals surface area contributed by atoms with Gasteiger partial charge in [-0.2, -0.15) is 0 Å². The number of amides is 1. The maximum Gasteiger partial charge on any atom is 0.277 e. The Morgan fingerprint density at radius 3 is 2.59 bits per heavy atom. The zero-order valence-electron chi connectivity index (χ0n) is 19.3. The first kappa shape index (κ1) is 24.4. The molecule has 0 unspecified atom stereocenters. The Hall–Kier alpha value is -2.75. The van der Waals surface area contributed by atoms with Crippen molar-refractivity contribution in [3.63, 3.8) is 0 Å². The summed E-state index contributed by atoms with van der Waals surface area (Å²) in [6, 6.07) is 13.0. The Balaban J connectivity index is 1.35. The minimum atomic E-state index is -0.165. The molecule has 1 fully saturated rings. The molecule has 2 heterocycles. The highest BCUT2D eigenvalue weighted by Gasteiger charge is 2.20. The number of anilines is 2. The smallest absolute Gasteiger partial charge is 0.277 e. The largest absolute Gasteiger partial charge is 0.494 e. The Kier molecular flexibility index (Phi) is 8.31. The van der Waals surface area contributed by atoms with Gasteiger partial charge in [0.05, 0.1) is 23.7 Å². The van der Waals surface area contributed by atoms with E-state index in [0.717, 1.165) is 49.7 Å². The summed E-state index contributed by atoms with van der Waals surface area (Å²) in [5, 5.41) is 12.0. The van der Waals surface area contributed by atoms with Gasteiger partial charge in [0, 0.05) is 36.8 Å². The van der Waals surface area contributed by atoms with Crippen LogP contribution in [0.2, 0.25) is 5.02 Å². The molecule has 1 amide bonds. The van der Waals surface area contributed by atoms with E-state index in [1.165, 1.54) is 11.8 Å². The minimum Gasteiger partial charge on any atom is -0.494 e. The molecule has 3 aromatic rings. The standard InChI is InChI=1S/C24H28ClN5O3S/c1-3-29-11-13-30(14-12-29)21-10-7-18(25)15-20(21)26-22(31)16-34-24-28-27-23(33-24)17-5-8-19(9-6-17)32-4-2/h5-10,15H,3-4,11-14,16H2,1-2H3,(H,26,31). The zero-order valence-corrected chi connectivity index (χ0v) is 20.9. The summed E-state index contributed by atoms with van der Waals surface area (Å²) in [5.41, 5.74) is 2.48. The second kappa shape index (κ2) is 11.6. The van der Waals surface area contributed by atoms with Gasteiger partial charge in [-0.05, 0) is 55.9 Å². The highest BCUT2D eigenvalue weighted by Crippen LogP contribution is 2.31. The van der Waals surface area contributed by atoms with Crippen molar-refractivity contribution < 1.29 is 13.9 Å².